The summed E-state index contributed by atoms with van der Waals surface area (Å²) in [4.78, 5) is 0. The number of fused-ring (bicyclic) bond motifs is 1. The Hall–Kier alpha value is -0.0800. The van der Waals surface area contributed by atoms with E-state index in [4.69, 9.17) is 23.2 Å². The van der Waals surface area contributed by atoms with E-state index in [2.05, 4.69) is 74.2 Å². The first-order chi connectivity index (χ1) is 13.9. The van der Waals surface area contributed by atoms with Gasteiger partial charge in [0.05, 0.1) is 0 Å². The second-order valence-corrected chi connectivity index (χ2v) is 40.5. The van der Waals surface area contributed by atoms with Crippen molar-refractivity contribution in [2.45, 2.75) is 40.6 Å². The van der Waals surface area contributed by atoms with Crippen molar-refractivity contribution in [1.82, 2.24) is 0 Å². The number of hydrogen-bond acceptors (Lipinski definition) is 0. The SMILES string of the molecule is CC1=C(C)C(C)[C]([Zr]([CH3])([CH3])(=[SiH2])[CH]2C=C(c3c(Cl)cccc3Cl)c3ccccc32)=C1C.Cl.Cl. The maximum Gasteiger partial charge on any atom is -0.147 e. The third kappa shape index (κ3) is 4.23. The number of halogens is 4. The Labute approximate surface area is 217 Å². The van der Waals surface area contributed by atoms with Gasteiger partial charge in [-0.05, 0) is 0 Å². The van der Waals surface area contributed by atoms with Crippen LogP contribution in [0.4, 0.5) is 0 Å². The predicted molar refractivity (Wildman–Crippen MR) is 148 cm³/mol. The molecule has 0 saturated heterocycles. The van der Waals surface area contributed by atoms with Gasteiger partial charge < -0.3 is 0 Å². The Bertz CT molecular complexity index is 1230. The van der Waals surface area contributed by atoms with Crippen molar-refractivity contribution in [1.29, 1.82) is 0 Å². The summed E-state index contributed by atoms with van der Waals surface area (Å²) in [6.07, 6.45) is 2.51. The first kappa shape index (κ1) is 28.2. The molecule has 2 aliphatic carbocycles. The van der Waals surface area contributed by atoms with Crippen molar-refractivity contribution < 1.29 is 17.4 Å². The molecule has 0 radical (unpaired) electrons. The molecule has 0 saturated carbocycles. The summed E-state index contributed by atoms with van der Waals surface area (Å²) in [5.41, 5.74) is 9.50. The van der Waals surface area contributed by atoms with Gasteiger partial charge in [0.15, 0.2) is 0 Å². The fraction of sp³-hybridized carbons (Fsp3) is 0.308. The number of benzene rings is 2. The minimum atomic E-state index is -3.42. The van der Waals surface area contributed by atoms with E-state index in [-0.39, 0.29) is 24.8 Å². The number of hydrogen-bond donors (Lipinski definition) is 0. The van der Waals surface area contributed by atoms with Gasteiger partial charge in [0, 0.05) is 0 Å². The summed E-state index contributed by atoms with van der Waals surface area (Å²) in [7, 11) is 0. The van der Waals surface area contributed by atoms with Crippen LogP contribution in [0.25, 0.3) is 5.57 Å². The Morgan fingerprint density at radius 1 is 0.844 bits per heavy atom. The van der Waals surface area contributed by atoms with Gasteiger partial charge in [0.2, 0.25) is 0 Å². The van der Waals surface area contributed by atoms with Crippen molar-refractivity contribution in [2.24, 2.45) is 5.92 Å². The van der Waals surface area contributed by atoms with Gasteiger partial charge in [-0.1, -0.05) is 0 Å². The molecular formula is C26H32Cl4SiZr. The van der Waals surface area contributed by atoms with Crippen LogP contribution in [-0.4, -0.2) is 6.88 Å². The first-order valence-corrected chi connectivity index (χ1v) is 24.9. The van der Waals surface area contributed by atoms with Gasteiger partial charge >= 0.3 is 195 Å². The van der Waals surface area contributed by atoms with Crippen LogP contribution in [0, 0.1) is 5.92 Å². The summed E-state index contributed by atoms with van der Waals surface area (Å²) < 4.78 is 7.47. The topological polar surface area (TPSA) is 0 Å². The van der Waals surface area contributed by atoms with Gasteiger partial charge in [-0.2, -0.15) is 0 Å². The van der Waals surface area contributed by atoms with Crippen LogP contribution < -0.4 is 0 Å². The zero-order valence-corrected chi connectivity index (χ0v) is 26.6. The van der Waals surface area contributed by atoms with Gasteiger partial charge in [-0.25, -0.2) is 0 Å². The summed E-state index contributed by atoms with van der Waals surface area (Å²) >= 11 is 9.91. The molecule has 6 heteroatoms. The summed E-state index contributed by atoms with van der Waals surface area (Å²) in [5.74, 6) is 0.539. The minimum absolute atomic E-state index is 0. The molecule has 4 rings (SSSR count). The van der Waals surface area contributed by atoms with Gasteiger partial charge in [-0.3, -0.25) is 0 Å². The molecule has 2 atom stereocenters. The Balaban J connectivity index is 0.00000181. The molecule has 0 N–H and O–H groups in total. The van der Waals surface area contributed by atoms with E-state index < -0.39 is 17.4 Å². The molecule has 0 amide bonds. The van der Waals surface area contributed by atoms with E-state index in [1.54, 1.807) is 14.4 Å². The second kappa shape index (κ2) is 9.52. The predicted octanol–water partition coefficient (Wildman–Crippen LogP) is 8.92. The molecule has 2 unspecified atom stereocenters. The maximum absolute atomic E-state index is 6.66. The second-order valence-electron chi connectivity index (χ2n) is 10.1. The van der Waals surface area contributed by atoms with Gasteiger partial charge in [0.1, 0.15) is 0 Å². The van der Waals surface area contributed by atoms with Crippen molar-refractivity contribution in [3.8, 4) is 0 Å². The van der Waals surface area contributed by atoms with Crippen LogP contribution in [0.2, 0.25) is 19.3 Å². The molecule has 0 aromatic heterocycles. The fourth-order valence-corrected chi connectivity index (χ4v) is 25.1. The zero-order chi connectivity index (χ0) is 22.0. The minimum Gasteiger partial charge on any atom is -0.147 e. The van der Waals surface area contributed by atoms with Crippen LogP contribution in [0.3, 0.4) is 0 Å². The average molecular weight is 606 g/mol. The fourth-order valence-electron chi connectivity index (χ4n) is 5.96. The maximum atomic E-state index is 6.66. The standard InChI is InChI=1S/C15H9Cl2.C9H13.2CH3.2ClH.H2Si.Zr/c16-13-6-3-7-14(17)15(13)12-9-8-10-4-1-2-5-11(10)12;1-6-5-7(2)9(4)8(6)3;;;;;;/h1-9H;6H,1-4H3;2*1H3;2*1H;1H2;. The van der Waals surface area contributed by atoms with Crippen molar-refractivity contribution in [3.63, 3.8) is 0 Å². The molecule has 2 aliphatic rings. The van der Waals surface area contributed by atoms with Crippen molar-refractivity contribution in [2.75, 3.05) is 0 Å². The number of rotatable bonds is 3. The smallest absolute Gasteiger partial charge is 0.147 e. The molecule has 2 aromatic carbocycles. The van der Waals surface area contributed by atoms with Crippen LogP contribution in [0.1, 0.15) is 48.0 Å². The third-order valence-corrected chi connectivity index (χ3v) is 25.6. The summed E-state index contributed by atoms with van der Waals surface area (Å²) in [5, 5.41) is 1.45. The van der Waals surface area contributed by atoms with E-state index in [1.165, 1.54) is 22.3 Å². The van der Waals surface area contributed by atoms with E-state index in [9.17, 15) is 0 Å². The Morgan fingerprint density at radius 2 is 1.41 bits per heavy atom. The van der Waals surface area contributed by atoms with Crippen molar-refractivity contribution in [3.05, 3.63) is 95.3 Å². The van der Waals surface area contributed by atoms with Crippen molar-refractivity contribution >= 4 is 60.5 Å². The van der Waals surface area contributed by atoms with E-state index in [0.717, 1.165) is 15.6 Å². The molecule has 0 bridgehead atoms. The Morgan fingerprint density at radius 3 is 1.94 bits per heavy atom. The molecule has 0 heterocycles. The quantitative estimate of drug-likeness (QED) is 0.307. The molecule has 172 valence electrons. The van der Waals surface area contributed by atoms with Gasteiger partial charge in [-0.15, -0.1) is 24.8 Å². The normalized spacial score (nSPS) is 20.6. The molecule has 2 aromatic rings. The molecular weight excluding hydrogens is 573 g/mol. The zero-order valence-electron chi connectivity index (χ0n) is 19.6. The first-order valence-electron chi connectivity index (χ1n) is 10.7. The monoisotopic (exact) mass is 602 g/mol. The average Bonchev–Trinajstić information content (AvgIpc) is 3.15. The van der Waals surface area contributed by atoms with E-state index in [0.29, 0.717) is 9.54 Å². The molecule has 0 fully saturated rings. The van der Waals surface area contributed by atoms with Crippen LogP contribution >= 0.6 is 48.0 Å². The van der Waals surface area contributed by atoms with Gasteiger partial charge in [0.25, 0.3) is 0 Å². The molecule has 32 heavy (non-hydrogen) atoms. The molecule has 0 nitrogen and oxygen atoms in total. The largest absolute Gasteiger partial charge is 0.147 e. The Kier molecular flexibility index (Phi) is 8.38. The summed E-state index contributed by atoms with van der Waals surface area (Å²) in [6, 6.07) is 14.7. The van der Waals surface area contributed by atoms with E-state index >= 15 is 0 Å². The van der Waals surface area contributed by atoms with Crippen LogP contribution in [-0.2, 0) is 17.4 Å². The summed E-state index contributed by atoms with van der Waals surface area (Å²) in [6.45, 7) is 11.7. The third-order valence-electron chi connectivity index (χ3n) is 7.67. The molecule has 0 spiro atoms. The van der Waals surface area contributed by atoms with E-state index in [1.807, 2.05) is 18.2 Å². The van der Waals surface area contributed by atoms with Crippen LogP contribution in [0.15, 0.2) is 68.5 Å². The van der Waals surface area contributed by atoms with Crippen LogP contribution in [0.5, 0.6) is 0 Å². The molecule has 0 aliphatic heterocycles. The number of allylic oxidation sites excluding steroid dienone is 5.